The number of ether oxygens (including phenoxy) is 1. The van der Waals surface area contributed by atoms with E-state index in [0.29, 0.717) is 6.42 Å². The molecule has 0 bridgehead atoms. The number of hydrogen-bond acceptors (Lipinski definition) is 4. The van der Waals surface area contributed by atoms with Crippen LogP contribution in [0.5, 0.6) is 0 Å². The first-order chi connectivity index (χ1) is 9.56. The summed E-state index contributed by atoms with van der Waals surface area (Å²) in [6.45, 7) is 0. The molecule has 0 radical (unpaired) electrons. The maximum atomic E-state index is 11.6. The summed E-state index contributed by atoms with van der Waals surface area (Å²) in [7, 11) is 0. The molecule has 0 aliphatic heterocycles. The van der Waals surface area contributed by atoms with Gasteiger partial charge in [-0.1, -0.05) is 12.1 Å². The summed E-state index contributed by atoms with van der Waals surface area (Å²) < 4.78 is 6.12. The van der Waals surface area contributed by atoms with Crippen LogP contribution in [0.3, 0.4) is 0 Å². The van der Waals surface area contributed by atoms with Crippen molar-refractivity contribution in [3.05, 3.63) is 33.4 Å². The summed E-state index contributed by atoms with van der Waals surface area (Å²) in [5, 5.41) is 0. The lowest BCUT2D eigenvalue weighted by Crippen LogP contribution is -2.28. The van der Waals surface area contributed by atoms with Gasteiger partial charge < -0.3 is 4.74 Å². The Morgan fingerprint density at radius 3 is 2.35 bits per heavy atom. The van der Waals surface area contributed by atoms with Crippen LogP contribution in [-0.4, -0.2) is 23.6 Å². The Balaban J connectivity index is 1.74. The molecule has 4 nitrogen and oxygen atoms in total. The lowest BCUT2D eigenvalue weighted by molar-refractivity contribution is -0.157. The van der Waals surface area contributed by atoms with Gasteiger partial charge in [-0.2, -0.15) is 0 Å². The van der Waals surface area contributed by atoms with Gasteiger partial charge in [-0.3, -0.25) is 14.4 Å². The number of hydrogen-bond donors (Lipinski definition) is 0. The number of carbonyl (C=O) groups excluding carboxylic acids is 3. The van der Waals surface area contributed by atoms with Crippen LogP contribution in [0.1, 0.15) is 31.2 Å². The second-order valence-electron chi connectivity index (χ2n) is 4.78. The molecule has 1 aromatic rings. The Kier molecular flexibility index (Phi) is 5.28. The highest BCUT2D eigenvalue weighted by Crippen LogP contribution is 2.16. The third-order valence-corrected chi connectivity index (χ3v) is 3.93. The predicted octanol–water partition coefficient (Wildman–Crippen LogP) is 2.46. The normalized spacial score (nSPS) is 15.7. The van der Waals surface area contributed by atoms with E-state index < -0.39 is 12.1 Å². The summed E-state index contributed by atoms with van der Waals surface area (Å²) >= 11 is 2.24. The van der Waals surface area contributed by atoms with E-state index in [1.807, 2.05) is 24.3 Å². The van der Waals surface area contributed by atoms with Crippen molar-refractivity contribution in [2.75, 3.05) is 0 Å². The lowest BCUT2D eigenvalue weighted by atomic mass is 10.1. The maximum absolute atomic E-state index is 11.6. The average Bonchev–Trinajstić information content (AvgIpc) is 2.73. The third-order valence-electron chi connectivity index (χ3n) is 3.21. The van der Waals surface area contributed by atoms with Gasteiger partial charge in [0.05, 0.1) is 0 Å². The van der Waals surface area contributed by atoms with Crippen LogP contribution in [-0.2, 0) is 25.5 Å². The lowest BCUT2D eigenvalue weighted by Gasteiger charge is -2.09. The number of ketones is 2. The second-order valence-corrected chi connectivity index (χ2v) is 6.03. The molecule has 1 aromatic carbocycles. The first kappa shape index (κ1) is 15.2. The van der Waals surface area contributed by atoms with Gasteiger partial charge in [0, 0.05) is 22.8 Å². The number of carbonyl (C=O) groups is 3. The SMILES string of the molecule is O=C(CCCc1ccc(I)cc1)OC1C(=O)CCC1=O. The zero-order valence-electron chi connectivity index (χ0n) is 10.9. The molecule has 0 amide bonds. The van der Waals surface area contributed by atoms with E-state index in [1.54, 1.807) is 0 Å². The summed E-state index contributed by atoms with van der Waals surface area (Å²) in [6.07, 6.45) is 0.899. The van der Waals surface area contributed by atoms with Crippen molar-refractivity contribution in [2.45, 2.75) is 38.2 Å². The fourth-order valence-corrected chi connectivity index (χ4v) is 2.46. The molecule has 0 spiro atoms. The van der Waals surface area contributed by atoms with Crippen LogP contribution in [0.4, 0.5) is 0 Å². The second kappa shape index (κ2) is 6.97. The van der Waals surface area contributed by atoms with E-state index in [-0.39, 0.29) is 30.8 Å². The molecular formula is C15H15IO4. The smallest absolute Gasteiger partial charge is 0.306 e. The van der Waals surface area contributed by atoms with E-state index in [9.17, 15) is 14.4 Å². The first-order valence-electron chi connectivity index (χ1n) is 6.55. The molecule has 0 heterocycles. The van der Waals surface area contributed by atoms with Crippen LogP contribution >= 0.6 is 22.6 Å². The van der Waals surface area contributed by atoms with Crippen LogP contribution in [0.15, 0.2) is 24.3 Å². The zero-order valence-corrected chi connectivity index (χ0v) is 13.1. The number of Topliss-reactive ketones (excluding diaryl/α,β-unsaturated/α-hetero) is 2. The van der Waals surface area contributed by atoms with Gasteiger partial charge in [0.1, 0.15) is 0 Å². The Hall–Kier alpha value is -1.24. The van der Waals surface area contributed by atoms with Crippen molar-refractivity contribution < 1.29 is 19.1 Å². The van der Waals surface area contributed by atoms with Crippen LogP contribution in [0.25, 0.3) is 0 Å². The van der Waals surface area contributed by atoms with Gasteiger partial charge in [-0.05, 0) is 53.1 Å². The summed E-state index contributed by atoms with van der Waals surface area (Å²) in [5.41, 5.74) is 1.16. The molecule has 20 heavy (non-hydrogen) atoms. The largest absolute Gasteiger partial charge is 0.446 e. The molecule has 0 N–H and O–H groups in total. The molecule has 1 saturated carbocycles. The highest BCUT2D eigenvalue weighted by atomic mass is 127. The molecule has 0 saturated heterocycles. The molecular weight excluding hydrogens is 371 g/mol. The van der Waals surface area contributed by atoms with Crippen molar-refractivity contribution >= 4 is 40.1 Å². The number of benzene rings is 1. The molecule has 1 fully saturated rings. The third kappa shape index (κ3) is 4.13. The molecule has 106 valence electrons. The van der Waals surface area contributed by atoms with E-state index in [1.165, 1.54) is 3.57 Å². The minimum atomic E-state index is -1.14. The highest BCUT2D eigenvalue weighted by molar-refractivity contribution is 14.1. The summed E-state index contributed by atoms with van der Waals surface area (Å²) in [6, 6.07) is 8.09. The van der Waals surface area contributed by atoms with Crippen LogP contribution in [0, 0.1) is 3.57 Å². The molecule has 0 aromatic heterocycles. The fraction of sp³-hybridized carbons (Fsp3) is 0.400. The van der Waals surface area contributed by atoms with Crippen LogP contribution in [0.2, 0.25) is 0 Å². The van der Waals surface area contributed by atoms with E-state index in [0.717, 1.165) is 12.0 Å². The van der Waals surface area contributed by atoms with Gasteiger partial charge >= 0.3 is 5.97 Å². The monoisotopic (exact) mass is 386 g/mol. The Bertz CT molecular complexity index is 505. The number of halogens is 1. The first-order valence-corrected chi connectivity index (χ1v) is 7.63. The number of aryl methyl sites for hydroxylation is 1. The van der Waals surface area contributed by atoms with Crippen molar-refractivity contribution in [3.8, 4) is 0 Å². The zero-order chi connectivity index (χ0) is 14.5. The molecule has 5 heteroatoms. The fourth-order valence-electron chi connectivity index (χ4n) is 2.10. The molecule has 0 unspecified atom stereocenters. The van der Waals surface area contributed by atoms with E-state index >= 15 is 0 Å². The predicted molar refractivity (Wildman–Crippen MR) is 81.2 cm³/mol. The summed E-state index contributed by atoms with van der Waals surface area (Å²) in [5.74, 6) is -1.02. The van der Waals surface area contributed by atoms with Crippen molar-refractivity contribution in [2.24, 2.45) is 0 Å². The van der Waals surface area contributed by atoms with Gasteiger partial charge in [-0.25, -0.2) is 0 Å². The Morgan fingerprint density at radius 2 is 1.75 bits per heavy atom. The quantitative estimate of drug-likeness (QED) is 0.443. The van der Waals surface area contributed by atoms with Crippen molar-refractivity contribution in [1.82, 2.24) is 0 Å². The van der Waals surface area contributed by atoms with Crippen molar-refractivity contribution in [3.63, 3.8) is 0 Å². The Labute approximate surface area is 131 Å². The minimum Gasteiger partial charge on any atom is -0.446 e. The maximum Gasteiger partial charge on any atom is 0.306 e. The van der Waals surface area contributed by atoms with Gasteiger partial charge in [0.15, 0.2) is 11.6 Å². The molecule has 1 aliphatic rings. The van der Waals surface area contributed by atoms with E-state index in [2.05, 4.69) is 22.6 Å². The molecule has 2 rings (SSSR count). The molecule has 1 aliphatic carbocycles. The minimum absolute atomic E-state index is 0.194. The number of esters is 1. The standard InChI is InChI=1S/C15H15IO4/c16-11-6-4-10(5-7-11)2-1-3-14(19)20-15-12(17)8-9-13(15)18/h4-7,15H,1-3,8-9H2. The van der Waals surface area contributed by atoms with E-state index in [4.69, 9.17) is 4.74 Å². The van der Waals surface area contributed by atoms with Gasteiger partial charge in [0.25, 0.3) is 0 Å². The van der Waals surface area contributed by atoms with Crippen molar-refractivity contribution in [1.29, 1.82) is 0 Å². The Morgan fingerprint density at radius 1 is 1.15 bits per heavy atom. The number of rotatable bonds is 5. The highest BCUT2D eigenvalue weighted by Gasteiger charge is 2.35. The van der Waals surface area contributed by atoms with Gasteiger partial charge in [0.2, 0.25) is 6.10 Å². The average molecular weight is 386 g/mol. The van der Waals surface area contributed by atoms with Gasteiger partial charge in [-0.15, -0.1) is 0 Å². The van der Waals surface area contributed by atoms with Crippen LogP contribution < -0.4 is 0 Å². The topological polar surface area (TPSA) is 60.4 Å². The summed E-state index contributed by atoms with van der Waals surface area (Å²) in [4.78, 5) is 34.3. The molecule has 0 atom stereocenters.